The molecule has 2 rings (SSSR count). The summed E-state index contributed by atoms with van der Waals surface area (Å²) in [4.78, 5) is 23.8. The Hall–Kier alpha value is -2.36. The number of allylic oxidation sites excluding steroid dienone is 3. The molecule has 0 spiro atoms. The first-order chi connectivity index (χ1) is 10.7. The average molecular weight is 300 g/mol. The molecule has 0 aromatic heterocycles. The summed E-state index contributed by atoms with van der Waals surface area (Å²) in [7, 11) is 0. The molecular formula is C18H20O4. The van der Waals surface area contributed by atoms with Crippen LogP contribution in [-0.4, -0.2) is 18.4 Å². The summed E-state index contributed by atoms with van der Waals surface area (Å²) in [5.74, 6) is 0.145. The molecule has 1 atom stereocenters. The maximum absolute atomic E-state index is 12.4. The predicted octanol–water partition coefficient (Wildman–Crippen LogP) is 3.50. The van der Waals surface area contributed by atoms with Crippen LogP contribution < -0.4 is 0 Å². The van der Waals surface area contributed by atoms with Gasteiger partial charge in [0.2, 0.25) is 0 Å². The largest absolute Gasteiger partial charge is 0.489 e. The van der Waals surface area contributed by atoms with Crippen LogP contribution in [0.4, 0.5) is 0 Å². The summed E-state index contributed by atoms with van der Waals surface area (Å²) < 4.78 is 10.8. The number of hydrogen-bond donors (Lipinski definition) is 0. The number of carbonyl (C=O) groups is 2. The lowest BCUT2D eigenvalue weighted by molar-refractivity contribution is -0.137. The van der Waals surface area contributed by atoms with Gasteiger partial charge in [-0.15, -0.1) is 0 Å². The van der Waals surface area contributed by atoms with E-state index in [1.54, 1.807) is 6.92 Å². The lowest BCUT2D eigenvalue weighted by Gasteiger charge is -2.26. The standard InChI is InChI=1S/C18H20O4/c1-3-16-14(10-11-18(20)21-4-2)15(19)12-17(22-16)13-8-6-5-7-9-13/h5-11,17H,3-4,12H2,1-2H3/b11-10+. The Morgan fingerprint density at radius 3 is 2.68 bits per heavy atom. The number of ether oxygens (including phenoxy) is 2. The SMILES string of the molecule is CCOC(=O)/C=C/C1=C(CC)OC(c2ccccc2)CC1=O. The zero-order valence-electron chi connectivity index (χ0n) is 12.9. The van der Waals surface area contributed by atoms with Crippen LogP contribution in [0.1, 0.15) is 38.4 Å². The van der Waals surface area contributed by atoms with E-state index in [4.69, 9.17) is 9.47 Å². The Morgan fingerprint density at radius 1 is 1.32 bits per heavy atom. The van der Waals surface area contributed by atoms with Gasteiger partial charge in [0.05, 0.1) is 18.6 Å². The molecular weight excluding hydrogens is 280 g/mol. The first-order valence-electron chi connectivity index (χ1n) is 7.48. The number of rotatable bonds is 5. The van der Waals surface area contributed by atoms with E-state index in [2.05, 4.69) is 0 Å². The molecule has 0 fully saturated rings. The number of esters is 1. The van der Waals surface area contributed by atoms with Gasteiger partial charge in [0.1, 0.15) is 11.9 Å². The zero-order chi connectivity index (χ0) is 15.9. The van der Waals surface area contributed by atoms with E-state index < -0.39 is 5.97 Å². The van der Waals surface area contributed by atoms with Crippen molar-refractivity contribution in [3.8, 4) is 0 Å². The lowest BCUT2D eigenvalue weighted by Crippen LogP contribution is -2.20. The molecule has 4 heteroatoms. The van der Waals surface area contributed by atoms with E-state index in [1.807, 2.05) is 37.3 Å². The van der Waals surface area contributed by atoms with Crippen LogP contribution in [0.25, 0.3) is 0 Å². The van der Waals surface area contributed by atoms with Crippen LogP contribution in [0, 0.1) is 0 Å². The molecule has 4 nitrogen and oxygen atoms in total. The van der Waals surface area contributed by atoms with Gasteiger partial charge in [0.15, 0.2) is 5.78 Å². The summed E-state index contributed by atoms with van der Waals surface area (Å²) in [6.45, 7) is 3.97. The molecule has 0 radical (unpaired) electrons. The minimum Gasteiger partial charge on any atom is -0.489 e. The molecule has 0 amide bonds. The minimum atomic E-state index is -0.455. The first-order valence-corrected chi connectivity index (χ1v) is 7.48. The van der Waals surface area contributed by atoms with Gasteiger partial charge in [-0.2, -0.15) is 0 Å². The fourth-order valence-electron chi connectivity index (χ4n) is 2.37. The zero-order valence-corrected chi connectivity index (χ0v) is 12.9. The van der Waals surface area contributed by atoms with Gasteiger partial charge in [0, 0.05) is 12.5 Å². The van der Waals surface area contributed by atoms with Gasteiger partial charge < -0.3 is 9.47 Å². The summed E-state index contributed by atoms with van der Waals surface area (Å²) in [5.41, 5.74) is 1.44. The second kappa shape index (κ2) is 7.59. The highest BCUT2D eigenvalue weighted by Crippen LogP contribution is 2.33. The van der Waals surface area contributed by atoms with Crippen molar-refractivity contribution in [2.24, 2.45) is 0 Å². The van der Waals surface area contributed by atoms with Crippen LogP contribution in [0.15, 0.2) is 53.8 Å². The summed E-state index contributed by atoms with van der Waals surface area (Å²) in [6, 6.07) is 9.68. The molecule has 0 N–H and O–H groups in total. The molecule has 1 aromatic carbocycles. The number of ketones is 1. The quantitative estimate of drug-likeness (QED) is 0.617. The van der Waals surface area contributed by atoms with Gasteiger partial charge >= 0.3 is 5.97 Å². The lowest BCUT2D eigenvalue weighted by atomic mass is 9.95. The van der Waals surface area contributed by atoms with Crippen LogP contribution in [-0.2, 0) is 19.1 Å². The van der Waals surface area contributed by atoms with Crippen LogP contribution in [0.2, 0.25) is 0 Å². The van der Waals surface area contributed by atoms with Gasteiger partial charge in [-0.25, -0.2) is 4.79 Å². The normalized spacial score (nSPS) is 18.5. The van der Waals surface area contributed by atoms with Gasteiger partial charge in [-0.3, -0.25) is 4.79 Å². The van der Waals surface area contributed by atoms with Crippen molar-refractivity contribution in [2.45, 2.75) is 32.8 Å². The van der Waals surface area contributed by atoms with Crippen molar-refractivity contribution in [3.63, 3.8) is 0 Å². The maximum atomic E-state index is 12.4. The third-order valence-electron chi connectivity index (χ3n) is 3.42. The molecule has 1 aliphatic rings. The molecule has 1 unspecified atom stereocenters. The van der Waals surface area contributed by atoms with E-state index in [-0.39, 0.29) is 18.3 Å². The van der Waals surface area contributed by atoms with Crippen molar-refractivity contribution in [3.05, 3.63) is 59.4 Å². The molecule has 0 saturated carbocycles. The molecule has 1 heterocycles. The second-order valence-corrected chi connectivity index (χ2v) is 4.92. The van der Waals surface area contributed by atoms with Crippen molar-refractivity contribution in [2.75, 3.05) is 6.61 Å². The Morgan fingerprint density at radius 2 is 2.05 bits per heavy atom. The van der Waals surface area contributed by atoms with E-state index in [0.717, 1.165) is 5.56 Å². The third-order valence-corrected chi connectivity index (χ3v) is 3.42. The number of Topliss-reactive ketones (excluding diaryl/α,β-unsaturated/α-hetero) is 1. The van der Waals surface area contributed by atoms with E-state index in [1.165, 1.54) is 12.2 Å². The topological polar surface area (TPSA) is 52.6 Å². The molecule has 0 bridgehead atoms. The minimum absolute atomic E-state index is 0.0162. The first kappa shape index (κ1) is 16.0. The second-order valence-electron chi connectivity index (χ2n) is 4.92. The van der Waals surface area contributed by atoms with E-state index in [0.29, 0.717) is 24.4 Å². The molecule has 1 aliphatic heterocycles. The molecule has 116 valence electrons. The van der Waals surface area contributed by atoms with Crippen LogP contribution in [0.3, 0.4) is 0 Å². The number of benzene rings is 1. The van der Waals surface area contributed by atoms with Crippen LogP contribution in [0.5, 0.6) is 0 Å². The average Bonchev–Trinajstić information content (AvgIpc) is 2.54. The van der Waals surface area contributed by atoms with Crippen LogP contribution >= 0.6 is 0 Å². The summed E-state index contributed by atoms with van der Waals surface area (Å²) in [6.07, 6.45) is 3.38. The Labute approximate surface area is 130 Å². The van der Waals surface area contributed by atoms with Crippen molar-refractivity contribution >= 4 is 11.8 Å². The predicted molar refractivity (Wildman–Crippen MR) is 83.0 cm³/mol. The van der Waals surface area contributed by atoms with E-state index >= 15 is 0 Å². The van der Waals surface area contributed by atoms with Gasteiger partial charge in [0.25, 0.3) is 0 Å². The Balaban J connectivity index is 2.21. The smallest absolute Gasteiger partial charge is 0.330 e. The molecule has 0 aliphatic carbocycles. The summed E-state index contributed by atoms with van der Waals surface area (Å²) >= 11 is 0. The number of carbonyl (C=O) groups excluding carboxylic acids is 2. The highest BCUT2D eigenvalue weighted by Gasteiger charge is 2.27. The van der Waals surface area contributed by atoms with Gasteiger partial charge in [-0.1, -0.05) is 37.3 Å². The maximum Gasteiger partial charge on any atom is 0.330 e. The Kier molecular flexibility index (Phi) is 5.53. The van der Waals surface area contributed by atoms with Gasteiger partial charge in [-0.05, 0) is 18.6 Å². The fraction of sp³-hybridized carbons (Fsp3) is 0.333. The number of hydrogen-bond acceptors (Lipinski definition) is 4. The third kappa shape index (κ3) is 3.85. The Bertz CT molecular complexity index is 599. The highest BCUT2D eigenvalue weighted by molar-refractivity contribution is 6.00. The fourth-order valence-corrected chi connectivity index (χ4v) is 2.37. The molecule has 22 heavy (non-hydrogen) atoms. The monoisotopic (exact) mass is 300 g/mol. The van der Waals surface area contributed by atoms with Crippen molar-refractivity contribution in [1.29, 1.82) is 0 Å². The molecule has 0 saturated heterocycles. The van der Waals surface area contributed by atoms with E-state index in [9.17, 15) is 9.59 Å². The highest BCUT2D eigenvalue weighted by atomic mass is 16.5. The van der Waals surface area contributed by atoms with Crippen molar-refractivity contribution < 1.29 is 19.1 Å². The molecule has 1 aromatic rings. The van der Waals surface area contributed by atoms with Crippen molar-refractivity contribution in [1.82, 2.24) is 0 Å². The summed E-state index contributed by atoms with van der Waals surface area (Å²) in [5, 5.41) is 0.